The molecule has 4 rings (SSSR count). The molecule has 1 amide bonds. The number of aryl methyl sites for hydroxylation is 1. The smallest absolute Gasteiger partial charge is 0.228 e. The Hall–Kier alpha value is -2.63. The number of likely N-dealkylation sites (tertiary alicyclic amines) is 1. The van der Waals surface area contributed by atoms with E-state index in [9.17, 15) is 4.79 Å². The average molecular weight is 421 g/mol. The van der Waals surface area contributed by atoms with Crippen LogP contribution in [0.3, 0.4) is 0 Å². The Bertz CT molecular complexity index is 996. The van der Waals surface area contributed by atoms with Crippen LogP contribution in [0.15, 0.2) is 60.7 Å². The molecule has 5 heteroatoms. The highest BCUT2D eigenvalue weighted by Gasteiger charge is 2.26. The maximum atomic E-state index is 13.1. The van der Waals surface area contributed by atoms with Gasteiger partial charge in [0.1, 0.15) is 5.75 Å². The van der Waals surface area contributed by atoms with Gasteiger partial charge >= 0.3 is 0 Å². The fourth-order valence-electron chi connectivity index (χ4n) is 4.05. The minimum absolute atomic E-state index is 0.0173. The number of hydrogen-bond donors (Lipinski definition) is 1. The first-order chi connectivity index (χ1) is 14.6. The van der Waals surface area contributed by atoms with Crippen molar-refractivity contribution in [2.24, 2.45) is 5.92 Å². The molecule has 0 bridgehead atoms. The van der Waals surface area contributed by atoms with Crippen molar-refractivity contribution in [3.05, 3.63) is 70.4 Å². The van der Waals surface area contributed by atoms with Crippen LogP contribution >= 0.6 is 11.3 Å². The number of piperidine rings is 1. The summed E-state index contributed by atoms with van der Waals surface area (Å²) >= 11 is 1.84. The van der Waals surface area contributed by atoms with E-state index in [-0.39, 0.29) is 11.8 Å². The normalized spacial score (nSPS) is 16.9. The van der Waals surface area contributed by atoms with Crippen LogP contribution in [-0.4, -0.2) is 31.0 Å². The zero-order chi connectivity index (χ0) is 20.9. The van der Waals surface area contributed by atoms with Crippen LogP contribution in [0.1, 0.15) is 22.6 Å². The molecule has 1 aromatic heterocycles. The number of ether oxygens (including phenoxy) is 1. The monoisotopic (exact) mass is 420 g/mol. The standard InChI is InChI=1S/C25H28N2O2S/c1-18-9-14-22(30-18)17-27-15-5-6-20(16-27)25(28)26-24-8-4-3-7-23(24)19-10-12-21(29-2)13-11-19/h3-4,7-14,20H,5-6,15-17H2,1-2H3,(H,26,28)/t20-/m1/s1. The summed E-state index contributed by atoms with van der Waals surface area (Å²) in [6.07, 6.45) is 2.00. The first-order valence-corrected chi connectivity index (χ1v) is 11.3. The second kappa shape index (κ2) is 9.45. The average Bonchev–Trinajstić information content (AvgIpc) is 3.19. The number of methoxy groups -OCH3 is 1. The molecule has 0 unspecified atom stereocenters. The van der Waals surface area contributed by atoms with Crippen molar-refractivity contribution < 1.29 is 9.53 Å². The van der Waals surface area contributed by atoms with Gasteiger partial charge in [0.2, 0.25) is 5.91 Å². The number of anilines is 1. The van der Waals surface area contributed by atoms with Crippen molar-refractivity contribution >= 4 is 22.9 Å². The summed E-state index contributed by atoms with van der Waals surface area (Å²) in [5.74, 6) is 0.954. The van der Waals surface area contributed by atoms with Gasteiger partial charge in [-0.3, -0.25) is 9.69 Å². The molecule has 1 saturated heterocycles. The number of benzene rings is 2. The highest BCUT2D eigenvalue weighted by atomic mass is 32.1. The summed E-state index contributed by atoms with van der Waals surface area (Å²) in [6, 6.07) is 20.3. The van der Waals surface area contributed by atoms with Crippen molar-refractivity contribution in [3.8, 4) is 16.9 Å². The van der Waals surface area contributed by atoms with Gasteiger partial charge < -0.3 is 10.1 Å². The van der Waals surface area contributed by atoms with Crippen LogP contribution in [-0.2, 0) is 11.3 Å². The van der Waals surface area contributed by atoms with E-state index in [4.69, 9.17) is 4.74 Å². The van der Waals surface area contributed by atoms with Crippen LogP contribution in [0.5, 0.6) is 5.75 Å². The van der Waals surface area contributed by atoms with E-state index in [0.29, 0.717) is 0 Å². The molecular weight excluding hydrogens is 392 g/mol. The number of carbonyl (C=O) groups excluding carboxylic acids is 1. The van der Waals surface area contributed by atoms with Gasteiger partial charge in [0.25, 0.3) is 0 Å². The van der Waals surface area contributed by atoms with E-state index >= 15 is 0 Å². The van der Waals surface area contributed by atoms with E-state index in [1.807, 2.05) is 59.9 Å². The minimum atomic E-state index is 0.0173. The number of carbonyl (C=O) groups is 1. The lowest BCUT2D eigenvalue weighted by molar-refractivity contribution is -0.121. The summed E-state index contributed by atoms with van der Waals surface area (Å²) in [5.41, 5.74) is 2.94. The highest BCUT2D eigenvalue weighted by Crippen LogP contribution is 2.30. The molecule has 0 aliphatic carbocycles. The third-order valence-corrected chi connectivity index (χ3v) is 6.62. The van der Waals surface area contributed by atoms with Crippen molar-refractivity contribution in [2.75, 3.05) is 25.5 Å². The second-order valence-corrected chi connectivity index (χ2v) is 9.22. The molecule has 2 aromatic carbocycles. The first-order valence-electron chi connectivity index (χ1n) is 10.4. The van der Waals surface area contributed by atoms with Crippen molar-refractivity contribution in [2.45, 2.75) is 26.3 Å². The van der Waals surface area contributed by atoms with E-state index in [1.54, 1.807) is 7.11 Å². The molecule has 30 heavy (non-hydrogen) atoms. The zero-order valence-electron chi connectivity index (χ0n) is 17.6. The maximum Gasteiger partial charge on any atom is 0.228 e. The summed E-state index contributed by atoms with van der Waals surface area (Å²) in [5, 5.41) is 3.20. The zero-order valence-corrected chi connectivity index (χ0v) is 18.4. The Kier molecular flexibility index (Phi) is 6.50. The van der Waals surface area contributed by atoms with Gasteiger partial charge in [-0.2, -0.15) is 0 Å². The van der Waals surface area contributed by atoms with Crippen LogP contribution < -0.4 is 10.1 Å². The van der Waals surface area contributed by atoms with Crippen LogP contribution in [0, 0.1) is 12.8 Å². The molecule has 4 nitrogen and oxygen atoms in total. The summed E-state index contributed by atoms with van der Waals surface area (Å²) < 4.78 is 5.26. The van der Waals surface area contributed by atoms with Crippen molar-refractivity contribution in [3.63, 3.8) is 0 Å². The molecule has 1 fully saturated rings. The third-order valence-electron chi connectivity index (χ3n) is 5.64. The van der Waals surface area contributed by atoms with Gasteiger partial charge in [-0.15, -0.1) is 11.3 Å². The molecule has 1 aliphatic heterocycles. The predicted octanol–water partition coefficient (Wildman–Crippen LogP) is 5.58. The molecular formula is C25H28N2O2S. The summed E-state index contributed by atoms with van der Waals surface area (Å²) in [4.78, 5) is 18.2. The van der Waals surface area contributed by atoms with Crippen LogP contribution in [0.2, 0.25) is 0 Å². The molecule has 3 aromatic rings. The SMILES string of the molecule is COc1ccc(-c2ccccc2NC(=O)[C@@H]2CCCN(Cc3ccc(C)s3)C2)cc1. The number of nitrogens with zero attached hydrogens (tertiary/aromatic N) is 1. The lowest BCUT2D eigenvalue weighted by Crippen LogP contribution is -2.40. The van der Waals surface area contributed by atoms with E-state index in [1.165, 1.54) is 9.75 Å². The molecule has 0 spiro atoms. The van der Waals surface area contributed by atoms with Crippen LogP contribution in [0.4, 0.5) is 5.69 Å². The number of thiophene rings is 1. The molecule has 1 atom stereocenters. The molecule has 2 heterocycles. The van der Waals surface area contributed by atoms with E-state index in [2.05, 4.69) is 29.3 Å². The van der Waals surface area contributed by atoms with Gasteiger partial charge in [0, 0.05) is 34.1 Å². The van der Waals surface area contributed by atoms with Gasteiger partial charge in [-0.05, 0) is 62.2 Å². The van der Waals surface area contributed by atoms with Gasteiger partial charge in [0.15, 0.2) is 0 Å². The minimum Gasteiger partial charge on any atom is -0.497 e. The Morgan fingerprint density at radius 2 is 1.93 bits per heavy atom. The number of hydrogen-bond acceptors (Lipinski definition) is 4. The largest absolute Gasteiger partial charge is 0.497 e. The highest BCUT2D eigenvalue weighted by molar-refractivity contribution is 7.11. The number of nitrogens with one attached hydrogen (secondary N) is 1. The Balaban J connectivity index is 1.44. The molecule has 1 N–H and O–H groups in total. The van der Waals surface area contributed by atoms with Crippen molar-refractivity contribution in [1.29, 1.82) is 0 Å². The fourth-order valence-corrected chi connectivity index (χ4v) is 4.99. The molecule has 156 valence electrons. The van der Waals surface area contributed by atoms with Gasteiger partial charge in [0.05, 0.1) is 13.0 Å². The first kappa shape index (κ1) is 20.6. The second-order valence-electron chi connectivity index (χ2n) is 7.85. The quantitative estimate of drug-likeness (QED) is 0.566. The van der Waals surface area contributed by atoms with E-state index in [0.717, 1.165) is 55.0 Å². The van der Waals surface area contributed by atoms with Crippen LogP contribution in [0.25, 0.3) is 11.1 Å². The third kappa shape index (κ3) is 4.91. The lowest BCUT2D eigenvalue weighted by Gasteiger charge is -2.31. The Morgan fingerprint density at radius 3 is 2.67 bits per heavy atom. The number of rotatable bonds is 6. The van der Waals surface area contributed by atoms with Crippen molar-refractivity contribution in [1.82, 2.24) is 4.90 Å². The number of para-hydroxylation sites is 1. The van der Waals surface area contributed by atoms with E-state index < -0.39 is 0 Å². The topological polar surface area (TPSA) is 41.6 Å². The molecule has 0 saturated carbocycles. The van der Waals surface area contributed by atoms with Gasteiger partial charge in [-0.1, -0.05) is 30.3 Å². The molecule has 0 radical (unpaired) electrons. The molecule has 1 aliphatic rings. The maximum absolute atomic E-state index is 13.1. The Morgan fingerprint density at radius 1 is 1.13 bits per heavy atom. The number of amides is 1. The fraction of sp³-hybridized carbons (Fsp3) is 0.320. The summed E-state index contributed by atoms with van der Waals surface area (Å²) in [6.45, 7) is 4.95. The lowest BCUT2D eigenvalue weighted by atomic mass is 9.96. The summed E-state index contributed by atoms with van der Waals surface area (Å²) in [7, 11) is 1.66. The predicted molar refractivity (Wildman–Crippen MR) is 124 cm³/mol. The Labute approximate surface area is 182 Å². The van der Waals surface area contributed by atoms with Gasteiger partial charge in [-0.25, -0.2) is 0 Å².